The molecule has 0 atom stereocenters. The lowest BCUT2D eigenvalue weighted by atomic mass is 9.90. The average Bonchev–Trinajstić information content (AvgIpc) is 3.26. The second kappa shape index (κ2) is 12.9. The summed E-state index contributed by atoms with van der Waals surface area (Å²) in [5, 5.41) is 14.8. The zero-order chi connectivity index (χ0) is 36.0. The second-order valence-corrected chi connectivity index (χ2v) is 13.4. The van der Waals surface area contributed by atoms with Gasteiger partial charge in [0.25, 0.3) is 0 Å². The minimum absolute atomic E-state index is 0.645. The Bertz CT molecular complexity index is 3110. The van der Waals surface area contributed by atoms with Crippen molar-refractivity contribution in [2.24, 2.45) is 0 Å². The quantitative estimate of drug-likeness (QED) is 0.168. The van der Waals surface area contributed by atoms with Crippen LogP contribution in [0.2, 0.25) is 0 Å². The molecular weight excluding hydrogens is 659 g/mol. The summed E-state index contributed by atoms with van der Waals surface area (Å²) in [6.45, 7) is 0. The maximum Gasteiger partial charge on any atom is 0.160 e. The SMILES string of the molecule is N#Cc1cccc(-c2ccc(-c3cc4c5cccnc5c(-c5cccc(-c6nc(-c7ccccc7)c7ccccc7n6)c5)cc4c4cccnc34)cc2)c1. The molecule has 250 valence electrons. The first-order valence-electron chi connectivity index (χ1n) is 17.8. The van der Waals surface area contributed by atoms with Crippen molar-refractivity contribution in [3.63, 3.8) is 0 Å². The molecule has 10 rings (SSSR count). The van der Waals surface area contributed by atoms with Gasteiger partial charge >= 0.3 is 0 Å². The fourth-order valence-corrected chi connectivity index (χ4v) is 7.60. The molecule has 10 aromatic rings. The zero-order valence-corrected chi connectivity index (χ0v) is 29.0. The molecule has 7 aromatic carbocycles. The van der Waals surface area contributed by atoms with Crippen molar-refractivity contribution in [1.29, 1.82) is 5.26 Å². The molecule has 0 aliphatic carbocycles. The van der Waals surface area contributed by atoms with Crippen molar-refractivity contribution in [1.82, 2.24) is 19.9 Å². The molecule has 0 fully saturated rings. The molecule has 54 heavy (non-hydrogen) atoms. The van der Waals surface area contributed by atoms with Gasteiger partial charge in [0, 0.05) is 50.8 Å². The molecule has 0 unspecified atom stereocenters. The Morgan fingerprint density at radius 2 is 0.981 bits per heavy atom. The summed E-state index contributed by atoms with van der Waals surface area (Å²) in [4.78, 5) is 20.1. The second-order valence-electron chi connectivity index (χ2n) is 13.4. The van der Waals surface area contributed by atoms with Crippen LogP contribution in [0.1, 0.15) is 5.56 Å². The first-order chi connectivity index (χ1) is 26.7. The highest BCUT2D eigenvalue weighted by molar-refractivity contribution is 6.22. The lowest BCUT2D eigenvalue weighted by molar-refractivity contribution is 1.23. The van der Waals surface area contributed by atoms with Crippen molar-refractivity contribution in [3.05, 3.63) is 182 Å². The third kappa shape index (κ3) is 5.33. The lowest BCUT2D eigenvalue weighted by Crippen LogP contribution is -1.96. The fraction of sp³-hybridized carbons (Fsp3) is 0. The van der Waals surface area contributed by atoms with Gasteiger partial charge in [-0.05, 0) is 81.6 Å². The number of para-hydroxylation sites is 1. The van der Waals surface area contributed by atoms with Crippen LogP contribution in [0.3, 0.4) is 0 Å². The van der Waals surface area contributed by atoms with Gasteiger partial charge in [-0.2, -0.15) is 5.26 Å². The van der Waals surface area contributed by atoms with Crippen molar-refractivity contribution >= 4 is 43.5 Å². The van der Waals surface area contributed by atoms with E-state index >= 15 is 0 Å². The van der Waals surface area contributed by atoms with Gasteiger partial charge in [0.05, 0.1) is 33.9 Å². The Morgan fingerprint density at radius 3 is 1.72 bits per heavy atom. The van der Waals surface area contributed by atoms with Crippen molar-refractivity contribution in [2.75, 3.05) is 0 Å². The van der Waals surface area contributed by atoms with E-state index in [0.717, 1.165) is 93.7 Å². The highest BCUT2D eigenvalue weighted by Gasteiger charge is 2.17. The maximum atomic E-state index is 9.42. The highest BCUT2D eigenvalue weighted by Crippen LogP contribution is 2.41. The van der Waals surface area contributed by atoms with E-state index in [4.69, 9.17) is 19.9 Å². The lowest BCUT2D eigenvalue weighted by Gasteiger charge is -2.15. The van der Waals surface area contributed by atoms with Crippen LogP contribution in [0.5, 0.6) is 0 Å². The van der Waals surface area contributed by atoms with Gasteiger partial charge in [0.1, 0.15) is 0 Å². The van der Waals surface area contributed by atoms with Crippen LogP contribution in [0, 0.1) is 11.3 Å². The number of benzene rings is 7. The number of rotatable bonds is 5. The Hall–Kier alpha value is -7.55. The third-order valence-electron chi connectivity index (χ3n) is 10.2. The van der Waals surface area contributed by atoms with Gasteiger partial charge in [0.15, 0.2) is 5.82 Å². The van der Waals surface area contributed by atoms with Crippen LogP contribution in [0.15, 0.2) is 176 Å². The van der Waals surface area contributed by atoms with Crippen LogP contribution in [-0.2, 0) is 0 Å². The Balaban J connectivity index is 1.14. The van der Waals surface area contributed by atoms with Gasteiger partial charge in [-0.25, -0.2) is 9.97 Å². The predicted octanol–water partition coefficient (Wildman–Crippen LogP) is 12.1. The van der Waals surface area contributed by atoms with Crippen molar-refractivity contribution in [3.8, 4) is 62.1 Å². The molecule has 0 saturated carbocycles. The number of pyridine rings is 2. The zero-order valence-electron chi connectivity index (χ0n) is 29.0. The van der Waals surface area contributed by atoms with Crippen LogP contribution in [0.25, 0.3) is 99.5 Å². The summed E-state index contributed by atoms with van der Waals surface area (Å²) >= 11 is 0. The molecule has 0 spiro atoms. The number of hydrogen-bond donors (Lipinski definition) is 0. The van der Waals surface area contributed by atoms with Crippen LogP contribution in [0.4, 0.5) is 0 Å². The minimum atomic E-state index is 0.645. The summed E-state index contributed by atoms with van der Waals surface area (Å²) in [5.74, 6) is 0.676. The van der Waals surface area contributed by atoms with E-state index in [9.17, 15) is 5.26 Å². The van der Waals surface area contributed by atoms with E-state index in [-0.39, 0.29) is 0 Å². The van der Waals surface area contributed by atoms with E-state index < -0.39 is 0 Å². The highest BCUT2D eigenvalue weighted by atomic mass is 14.9. The third-order valence-corrected chi connectivity index (χ3v) is 10.2. The fourth-order valence-electron chi connectivity index (χ4n) is 7.60. The molecule has 0 amide bonds. The Kier molecular flexibility index (Phi) is 7.45. The maximum absolute atomic E-state index is 9.42. The number of nitrogens with zero attached hydrogens (tertiary/aromatic N) is 5. The van der Waals surface area contributed by atoms with Gasteiger partial charge in [0.2, 0.25) is 0 Å². The first kappa shape index (κ1) is 31.2. The molecular formula is C49H29N5. The monoisotopic (exact) mass is 687 g/mol. The minimum Gasteiger partial charge on any atom is -0.256 e. The molecule has 0 bridgehead atoms. The van der Waals surface area contributed by atoms with Crippen molar-refractivity contribution in [2.45, 2.75) is 0 Å². The van der Waals surface area contributed by atoms with Gasteiger partial charge in [-0.3, -0.25) is 9.97 Å². The van der Waals surface area contributed by atoms with Gasteiger partial charge in [-0.1, -0.05) is 115 Å². The molecule has 3 aromatic heterocycles. The van der Waals surface area contributed by atoms with Crippen LogP contribution in [-0.4, -0.2) is 19.9 Å². The Labute approximate surface area is 311 Å². The number of fused-ring (bicyclic) bond motifs is 6. The summed E-state index contributed by atoms with van der Waals surface area (Å²) in [6, 6.07) is 58.3. The van der Waals surface area contributed by atoms with Gasteiger partial charge < -0.3 is 0 Å². The number of aromatic nitrogens is 4. The van der Waals surface area contributed by atoms with Crippen LogP contribution < -0.4 is 0 Å². The van der Waals surface area contributed by atoms with Crippen LogP contribution >= 0.6 is 0 Å². The molecule has 5 nitrogen and oxygen atoms in total. The predicted molar refractivity (Wildman–Crippen MR) is 220 cm³/mol. The standard InChI is InChI=1S/C49H29N5/c50-30-31-10-6-13-35(26-31)32-20-22-33(23-21-32)41-28-43-39-18-9-25-52-48(39)42(29-44(43)38-17-8-24-51-47(38)41)36-14-7-15-37(27-36)49-53-45-19-5-4-16-40(45)46(54-49)34-11-2-1-3-12-34/h1-29H. The van der Waals surface area contributed by atoms with E-state index in [2.05, 4.69) is 97.1 Å². The summed E-state index contributed by atoms with van der Waals surface area (Å²) in [6.07, 6.45) is 3.73. The summed E-state index contributed by atoms with van der Waals surface area (Å²) in [7, 11) is 0. The summed E-state index contributed by atoms with van der Waals surface area (Å²) in [5.41, 5.74) is 12.6. The van der Waals surface area contributed by atoms with E-state index in [1.165, 1.54) is 0 Å². The number of nitriles is 1. The van der Waals surface area contributed by atoms with E-state index in [1.807, 2.05) is 85.2 Å². The smallest absolute Gasteiger partial charge is 0.160 e. The largest absolute Gasteiger partial charge is 0.256 e. The van der Waals surface area contributed by atoms with Gasteiger partial charge in [-0.15, -0.1) is 0 Å². The topological polar surface area (TPSA) is 75.3 Å². The Morgan fingerprint density at radius 1 is 0.389 bits per heavy atom. The molecule has 0 N–H and O–H groups in total. The molecule has 0 saturated heterocycles. The summed E-state index contributed by atoms with van der Waals surface area (Å²) < 4.78 is 0. The molecule has 0 radical (unpaired) electrons. The molecule has 5 heteroatoms. The first-order valence-corrected chi connectivity index (χ1v) is 17.8. The normalized spacial score (nSPS) is 11.3. The average molecular weight is 688 g/mol. The molecule has 3 heterocycles. The van der Waals surface area contributed by atoms with Crippen molar-refractivity contribution < 1.29 is 0 Å². The van der Waals surface area contributed by atoms with E-state index in [1.54, 1.807) is 0 Å². The number of hydrogen-bond acceptors (Lipinski definition) is 5. The molecule has 0 aliphatic heterocycles. The molecule has 0 aliphatic rings. The van der Waals surface area contributed by atoms with E-state index in [0.29, 0.717) is 11.4 Å².